The number of amides is 1. The van der Waals surface area contributed by atoms with Crippen molar-refractivity contribution in [1.82, 2.24) is 20.5 Å². The fourth-order valence-corrected chi connectivity index (χ4v) is 1.71. The Kier molecular flexibility index (Phi) is 9.36. The first-order valence-corrected chi connectivity index (χ1v) is 7.94. The molecule has 0 aliphatic carbocycles. The van der Waals surface area contributed by atoms with Gasteiger partial charge in [-0.05, 0) is 25.5 Å². The molecule has 1 rings (SSSR count). The lowest BCUT2D eigenvalue weighted by molar-refractivity contribution is -0.127. The van der Waals surface area contributed by atoms with Crippen LogP contribution in [-0.4, -0.2) is 62.1 Å². The van der Waals surface area contributed by atoms with E-state index in [2.05, 4.69) is 20.6 Å². The van der Waals surface area contributed by atoms with Crippen molar-refractivity contribution in [2.24, 2.45) is 4.99 Å². The Balaban J connectivity index is 2.59. The topological polar surface area (TPSA) is 78.8 Å². The summed E-state index contributed by atoms with van der Waals surface area (Å²) in [5, 5.41) is 6.04. The van der Waals surface area contributed by atoms with Crippen LogP contribution in [0.15, 0.2) is 23.3 Å². The minimum Gasteiger partial charge on any atom is -0.382 e. The second kappa shape index (κ2) is 11.3. The van der Waals surface area contributed by atoms with E-state index in [1.807, 2.05) is 6.92 Å². The van der Waals surface area contributed by atoms with Gasteiger partial charge in [-0.1, -0.05) is 0 Å². The molecule has 134 valence electrons. The maximum Gasteiger partial charge on any atom is 0.241 e. The largest absolute Gasteiger partial charge is 0.382 e. The van der Waals surface area contributed by atoms with E-state index in [4.69, 9.17) is 4.74 Å². The molecule has 7 nitrogen and oxygen atoms in total. The Hall–Kier alpha value is -2.22. The average molecular weight is 339 g/mol. The van der Waals surface area contributed by atoms with Crippen molar-refractivity contribution in [2.45, 2.75) is 19.9 Å². The third-order valence-corrected chi connectivity index (χ3v) is 3.09. The fraction of sp³-hybridized carbons (Fsp3) is 0.562. The summed E-state index contributed by atoms with van der Waals surface area (Å²) in [6.45, 7) is 4.08. The molecule has 0 radical (unpaired) electrons. The van der Waals surface area contributed by atoms with Crippen molar-refractivity contribution in [2.75, 3.05) is 40.4 Å². The van der Waals surface area contributed by atoms with Crippen molar-refractivity contribution in [1.29, 1.82) is 0 Å². The molecule has 1 heterocycles. The maximum absolute atomic E-state index is 13.6. The molecule has 0 aliphatic rings. The van der Waals surface area contributed by atoms with E-state index < -0.39 is 5.82 Å². The summed E-state index contributed by atoms with van der Waals surface area (Å²) in [7, 11) is 3.36. The van der Waals surface area contributed by atoms with Crippen LogP contribution < -0.4 is 10.6 Å². The molecule has 1 aromatic rings. The number of carbonyl (C=O) groups is 1. The lowest BCUT2D eigenvalue weighted by Crippen LogP contribution is -2.43. The van der Waals surface area contributed by atoms with Gasteiger partial charge in [0.05, 0.1) is 18.8 Å². The first-order valence-electron chi connectivity index (χ1n) is 7.94. The number of ether oxygens (including phenoxy) is 1. The third-order valence-electron chi connectivity index (χ3n) is 3.09. The average Bonchev–Trinajstić information content (AvgIpc) is 2.57. The third kappa shape index (κ3) is 7.87. The standard InChI is InChI=1S/C16H26FN5O2/c1-4-24-10-6-9-19-16(21-12-15(23)22(2)3)20-11-14-13(17)7-5-8-18-14/h5,7-8H,4,6,9-12H2,1-3H3,(H2,19,20,21). The van der Waals surface area contributed by atoms with Crippen molar-refractivity contribution in [3.05, 3.63) is 29.8 Å². The minimum absolute atomic E-state index is 0.0807. The van der Waals surface area contributed by atoms with Gasteiger partial charge in [0.1, 0.15) is 5.82 Å². The molecular formula is C16H26FN5O2. The number of hydrogen-bond acceptors (Lipinski definition) is 4. The molecule has 24 heavy (non-hydrogen) atoms. The van der Waals surface area contributed by atoms with Gasteiger partial charge < -0.3 is 20.3 Å². The minimum atomic E-state index is -0.402. The molecule has 0 spiro atoms. The molecule has 0 aromatic carbocycles. The van der Waals surface area contributed by atoms with E-state index in [1.54, 1.807) is 14.1 Å². The smallest absolute Gasteiger partial charge is 0.241 e. The summed E-state index contributed by atoms with van der Waals surface area (Å²) in [4.78, 5) is 21.4. The quantitative estimate of drug-likeness (QED) is 0.395. The van der Waals surface area contributed by atoms with Gasteiger partial charge in [0.15, 0.2) is 5.96 Å². The number of halogens is 1. The number of hydrogen-bond donors (Lipinski definition) is 2. The van der Waals surface area contributed by atoms with Crippen LogP contribution in [0.4, 0.5) is 4.39 Å². The zero-order valence-corrected chi connectivity index (χ0v) is 14.5. The zero-order chi connectivity index (χ0) is 17.8. The highest BCUT2D eigenvalue weighted by Crippen LogP contribution is 2.03. The summed E-state index contributed by atoms with van der Waals surface area (Å²) in [6.07, 6.45) is 2.32. The first-order chi connectivity index (χ1) is 11.5. The Bertz CT molecular complexity index is 537. The van der Waals surface area contributed by atoms with Crippen LogP contribution in [0, 0.1) is 5.82 Å². The first kappa shape index (κ1) is 19.8. The molecule has 8 heteroatoms. The molecule has 0 bridgehead atoms. The van der Waals surface area contributed by atoms with Gasteiger partial charge >= 0.3 is 0 Å². The number of guanidine groups is 1. The number of pyridine rings is 1. The molecule has 0 saturated carbocycles. The Labute approximate surface area is 142 Å². The number of rotatable bonds is 9. The molecule has 0 aliphatic heterocycles. The maximum atomic E-state index is 13.6. The van der Waals surface area contributed by atoms with Crippen molar-refractivity contribution >= 4 is 11.9 Å². The van der Waals surface area contributed by atoms with E-state index in [0.717, 1.165) is 6.42 Å². The highest BCUT2D eigenvalue weighted by molar-refractivity contribution is 5.86. The van der Waals surface area contributed by atoms with E-state index in [1.165, 1.54) is 23.2 Å². The Morgan fingerprint density at radius 3 is 2.88 bits per heavy atom. The Morgan fingerprint density at radius 1 is 1.42 bits per heavy atom. The van der Waals surface area contributed by atoms with Gasteiger partial charge in [-0.15, -0.1) is 0 Å². The number of aromatic nitrogens is 1. The number of likely N-dealkylation sites (N-methyl/N-ethyl adjacent to an activating group) is 1. The summed E-state index contributed by atoms with van der Waals surface area (Å²) < 4.78 is 18.9. The van der Waals surface area contributed by atoms with Gasteiger partial charge in [-0.2, -0.15) is 0 Å². The van der Waals surface area contributed by atoms with Crippen LogP contribution in [0.3, 0.4) is 0 Å². The van der Waals surface area contributed by atoms with Crippen LogP contribution in [-0.2, 0) is 16.1 Å². The highest BCUT2D eigenvalue weighted by Gasteiger charge is 2.07. The number of carbonyl (C=O) groups excluding carboxylic acids is 1. The lowest BCUT2D eigenvalue weighted by Gasteiger charge is -2.15. The van der Waals surface area contributed by atoms with Gasteiger partial charge in [0.25, 0.3) is 0 Å². The summed E-state index contributed by atoms with van der Waals surface area (Å²) in [5.41, 5.74) is 0.256. The summed E-state index contributed by atoms with van der Waals surface area (Å²) in [5.74, 6) is -0.0455. The monoisotopic (exact) mass is 339 g/mol. The molecule has 0 fully saturated rings. The molecule has 0 unspecified atom stereocenters. The molecular weight excluding hydrogens is 313 g/mol. The van der Waals surface area contributed by atoms with Crippen molar-refractivity contribution < 1.29 is 13.9 Å². The predicted molar refractivity (Wildman–Crippen MR) is 91.1 cm³/mol. The highest BCUT2D eigenvalue weighted by atomic mass is 19.1. The fourth-order valence-electron chi connectivity index (χ4n) is 1.71. The van der Waals surface area contributed by atoms with Crippen LogP contribution in [0.5, 0.6) is 0 Å². The van der Waals surface area contributed by atoms with Gasteiger partial charge in [0.2, 0.25) is 5.91 Å². The predicted octanol–water partition coefficient (Wildman–Crippen LogP) is 0.771. The molecule has 1 aromatic heterocycles. The van der Waals surface area contributed by atoms with Gasteiger partial charge in [-0.25, -0.2) is 9.38 Å². The number of nitrogens with zero attached hydrogens (tertiary/aromatic N) is 3. The van der Waals surface area contributed by atoms with Crippen LogP contribution in [0.25, 0.3) is 0 Å². The van der Waals surface area contributed by atoms with Crippen LogP contribution >= 0.6 is 0 Å². The van der Waals surface area contributed by atoms with E-state index in [9.17, 15) is 9.18 Å². The van der Waals surface area contributed by atoms with Gasteiger partial charge in [-0.3, -0.25) is 9.78 Å². The SMILES string of the molecule is CCOCCCNC(=NCc1ncccc1F)NCC(=O)N(C)C. The lowest BCUT2D eigenvalue weighted by atomic mass is 10.3. The van der Waals surface area contributed by atoms with E-state index in [-0.39, 0.29) is 24.7 Å². The van der Waals surface area contributed by atoms with E-state index >= 15 is 0 Å². The van der Waals surface area contributed by atoms with Gasteiger partial charge in [0, 0.05) is 40.1 Å². The number of nitrogens with one attached hydrogen (secondary N) is 2. The molecule has 0 saturated heterocycles. The summed E-state index contributed by atoms with van der Waals surface area (Å²) in [6, 6.07) is 2.87. The summed E-state index contributed by atoms with van der Waals surface area (Å²) >= 11 is 0. The Morgan fingerprint density at radius 2 is 2.21 bits per heavy atom. The van der Waals surface area contributed by atoms with Crippen molar-refractivity contribution in [3.63, 3.8) is 0 Å². The second-order valence-electron chi connectivity index (χ2n) is 5.22. The number of aliphatic imine (C=N–C) groups is 1. The molecule has 0 atom stereocenters. The van der Waals surface area contributed by atoms with E-state index in [0.29, 0.717) is 25.7 Å². The molecule has 1 amide bonds. The normalized spacial score (nSPS) is 11.2. The zero-order valence-electron chi connectivity index (χ0n) is 14.5. The second-order valence-corrected chi connectivity index (χ2v) is 5.22. The van der Waals surface area contributed by atoms with Crippen LogP contribution in [0.2, 0.25) is 0 Å². The molecule has 2 N–H and O–H groups in total. The van der Waals surface area contributed by atoms with Crippen molar-refractivity contribution in [3.8, 4) is 0 Å². The van der Waals surface area contributed by atoms with Crippen LogP contribution in [0.1, 0.15) is 19.0 Å².